The smallest absolute Gasteiger partial charge is 0.303 e. The number of carboxylic acids is 1. The van der Waals surface area contributed by atoms with Crippen molar-refractivity contribution >= 4 is 5.97 Å². The summed E-state index contributed by atoms with van der Waals surface area (Å²) in [7, 11) is 0. The molecule has 0 fully saturated rings. The molecule has 238 valence electrons. The van der Waals surface area contributed by atoms with E-state index in [2.05, 4.69) is 62.5 Å². The Kier molecular flexibility index (Phi) is 33.3. The molecule has 0 saturated heterocycles. The molecular weight excluding hydrogens is 500 g/mol. The first-order chi connectivity index (χ1) is 20.2. The van der Waals surface area contributed by atoms with Gasteiger partial charge in [-0.1, -0.05) is 152 Å². The van der Waals surface area contributed by atoms with Crippen LogP contribution in [0.1, 0.15) is 187 Å². The van der Waals surface area contributed by atoms with E-state index in [1.54, 1.807) is 0 Å². The van der Waals surface area contributed by atoms with Crippen LogP contribution in [-0.4, -0.2) is 11.1 Å². The topological polar surface area (TPSA) is 37.3 Å². The minimum Gasteiger partial charge on any atom is -0.481 e. The fourth-order valence-electron chi connectivity index (χ4n) is 5.44. The van der Waals surface area contributed by atoms with E-state index in [4.69, 9.17) is 0 Å². The number of aliphatic carboxylic acids is 1. The summed E-state index contributed by atoms with van der Waals surface area (Å²) >= 11 is 0. The predicted molar refractivity (Wildman–Crippen MR) is 184 cm³/mol. The van der Waals surface area contributed by atoms with Crippen LogP contribution in [-0.2, 0) is 4.79 Å². The maximum atomic E-state index is 11.3. The molecule has 1 N–H and O–H groups in total. The van der Waals surface area contributed by atoms with Crippen LogP contribution in [0.2, 0.25) is 0 Å². The molecular formula is C39H70O2. The molecule has 41 heavy (non-hydrogen) atoms. The van der Waals surface area contributed by atoms with Gasteiger partial charge in [0.05, 0.1) is 0 Å². The van der Waals surface area contributed by atoms with Crippen molar-refractivity contribution in [1.29, 1.82) is 0 Å². The summed E-state index contributed by atoms with van der Waals surface area (Å²) in [5.41, 5.74) is 0. The minimum atomic E-state index is -0.616. The molecule has 0 aromatic carbocycles. The Hall–Kier alpha value is -1.57. The standard InChI is InChI=1S/C39H70O2/c1-3-5-7-9-11-13-15-17-19-21-23-25-27-29-31-33-35-38(37-39(40)41)36-34-32-30-28-26-24-22-20-18-16-14-12-10-8-6-4-2/h11-14,17-20,38H,3-10,15-16,21-37H2,1-2H3,(H,40,41)/b13-11-,14-12-,19-17-,20-18-. The van der Waals surface area contributed by atoms with Crippen molar-refractivity contribution in [3.8, 4) is 0 Å². The lowest BCUT2D eigenvalue weighted by atomic mass is 9.91. The number of carbonyl (C=O) groups is 1. The summed E-state index contributed by atoms with van der Waals surface area (Å²) in [5, 5.41) is 9.34. The van der Waals surface area contributed by atoms with Gasteiger partial charge in [-0.15, -0.1) is 0 Å². The number of carboxylic acid groups (broad SMARTS) is 1. The van der Waals surface area contributed by atoms with Crippen molar-refractivity contribution in [2.45, 2.75) is 187 Å². The third-order valence-corrected chi connectivity index (χ3v) is 8.09. The van der Waals surface area contributed by atoms with E-state index in [0.29, 0.717) is 12.3 Å². The molecule has 0 spiro atoms. The van der Waals surface area contributed by atoms with Gasteiger partial charge < -0.3 is 5.11 Å². The Morgan fingerprint density at radius 2 is 0.780 bits per heavy atom. The Morgan fingerprint density at radius 1 is 0.463 bits per heavy atom. The lowest BCUT2D eigenvalue weighted by Crippen LogP contribution is -2.08. The molecule has 0 atom stereocenters. The van der Waals surface area contributed by atoms with Crippen molar-refractivity contribution in [3.05, 3.63) is 48.6 Å². The summed E-state index contributed by atoms with van der Waals surface area (Å²) in [6, 6.07) is 0. The molecule has 0 bridgehead atoms. The van der Waals surface area contributed by atoms with E-state index in [9.17, 15) is 9.90 Å². The second-order valence-electron chi connectivity index (χ2n) is 12.2. The number of allylic oxidation sites excluding steroid dienone is 8. The number of rotatable bonds is 32. The van der Waals surface area contributed by atoms with Gasteiger partial charge in [0.1, 0.15) is 0 Å². The number of hydrogen-bond acceptors (Lipinski definition) is 1. The predicted octanol–water partition coefficient (Wildman–Crippen LogP) is 13.5. The zero-order valence-electron chi connectivity index (χ0n) is 27.6. The van der Waals surface area contributed by atoms with Crippen LogP contribution >= 0.6 is 0 Å². The molecule has 0 rings (SSSR count). The highest BCUT2D eigenvalue weighted by Crippen LogP contribution is 2.22. The molecule has 0 aliphatic rings. The van der Waals surface area contributed by atoms with Crippen molar-refractivity contribution < 1.29 is 9.90 Å². The SMILES string of the molecule is CCCCC/C=C\C/C=C\CCCCCCCCC(CCCCCCCC/C=C\C/C=C\CCCCC)CC(=O)O. The molecule has 0 aliphatic carbocycles. The third kappa shape index (κ3) is 34.5. The van der Waals surface area contributed by atoms with Crippen molar-refractivity contribution in [2.24, 2.45) is 5.92 Å². The van der Waals surface area contributed by atoms with Gasteiger partial charge in [0, 0.05) is 6.42 Å². The fourth-order valence-corrected chi connectivity index (χ4v) is 5.44. The van der Waals surface area contributed by atoms with E-state index >= 15 is 0 Å². The molecule has 0 radical (unpaired) electrons. The average molecular weight is 571 g/mol. The first kappa shape index (κ1) is 39.4. The molecule has 0 aromatic heterocycles. The van der Waals surface area contributed by atoms with E-state index in [-0.39, 0.29) is 0 Å². The molecule has 0 saturated carbocycles. The van der Waals surface area contributed by atoms with Gasteiger partial charge in [-0.3, -0.25) is 4.79 Å². The first-order valence-corrected chi connectivity index (χ1v) is 18.0. The quantitative estimate of drug-likeness (QED) is 0.0645. The first-order valence-electron chi connectivity index (χ1n) is 18.0. The Bertz CT molecular complexity index is 594. The molecule has 2 heteroatoms. The highest BCUT2D eigenvalue weighted by Gasteiger charge is 2.12. The number of unbranched alkanes of at least 4 members (excludes halogenated alkanes) is 18. The average Bonchev–Trinajstić information content (AvgIpc) is 2.96. The van der Waals surface area contributed by atoms with Crippen LogP contribution < -0.4 is 0 Å². The van der Waals surface area contributed by atoms with E-state index in [1.165, 1.54) is 141 Å². The van der Waals surface area contributed by atoms with Crippen LogP contribution in [0.4, 0.5) is 0 Å². The molecule has 0 heterocycles. The lowest BCUT2D eigenvalue weighted by molar-refractivity contribution is -0.138. The summed E-state index contributed by atoms with van der Waals surface area (Å²) < 4.78 is 0. The molecule has 0 amide bonds. The zero-order chi connectivity index (χ0) is 29.9. The highest BCUT2D eigenvalue weighted by molar-refractivity contribution is 5.66. The zero-order valence-corrected chi connectivity index (χ0v) is 27.6. The molecule has 0 aliphatic heterocycles. The normalized spacial score (nSPS) is 12.4. The van der Waals surface area contributed by atoms with E-state index in [0.717, 1.165) is 25.7 Å². The van der Waals surface area contributed by atoms with Crippen molar-refractivity contribution in [2.75, 3.05) is 0 Å². The number of hydrogen-bond donors (Lipinski definition) is 1. The summed E-state index contributed by atoms with van der Waals surface area (Å²) in [5.74, 6) is -0.237. The van der Waals surface area contributed by atoms with Gasteiger partial charge >= 0.3 is 5.97 Å². The van der Waals surface area contributed by atoms with Gasteiger partial charge in [0.2, 0.25) is 0 Å². The van der Waals surface area contributed by atoms with Gasteiger partial charge in [-0.2, -0.15) is 0 Å². The highest BCUT2D eigenvalue weighted by atomic mass is 16.4. The van der Waals surface area contributed by atoms with Crippen molar-refractivity contribution in [3.63, 3.8) is 0 Å². The summed E-state index contributed by atoms with van der Waals surface area (Å²) in [4.78, 5) is 11.3. The lowest BCUT2D eigenvalue weighted by Gasteiger charge is -2.14. The van der Waals surface area contributed by atoms with Gasteiger partial charge in [0.15, 0.2) is 0 Å². The van der Waals surface area contributed by atoms with Crippen LogP contribution in [0.15, 0.2) is 48.6 Å². The van der Waals surface area contributed by atoms with Gasteiger partial charge in [-0.05, 0) is 83.0 Å². The van der Waals surface area contributed by atoms with Gasteiger partial charge in [0.25, 0.3) is 0 Å². The monoisotopic (exact) mass is 571 g/mol. The van der Waals surface area contributed by atoms with Crippen LogP contribution in [0, 0.1) is 5.92 Å². The Balaban J connectivity index is 3.63. The van der Waals surface area contributed by atoms with E-state index < -0.39 is 5.97 Å². The minimum absolute atomic E-state index is 0.362. The molecule has 0 aromatic rings. The largest absolute Gasteiger partial charge is 0.481 e. The molecule has 0 unspecified atom stereocenters. The van der Waals surface area contributed by atoms with Crippen LogP contribution in [0.5, 0.6) is 0 Å². The Morgan fingerprint density at radius 3 is 1.12 bits per heavy atom. The second-order valence-corrected chi connectivity index (χ2v) is 12.2. The maximum Gasteiger partial charge on any atom is 0.303 e. The summed E-state index contributed by atoms with van der Waals surface area (Å²) in [6.07, 6.45) is 51.6. The fraction of sp³-hybridized carbons (Fsp3) is 0.769. The Labute approximate surface area is 257 Å². The van der Waals surface area contributed by atoms with Crippen LogP contribution in [0.25, 0.3) is 0 Å². The third-order valence-electron chi connectivity index (χ3n) is 8.09. The maximum absolute atomic E-state index is 11.3. The summed E-state index contributed by atoms with van der Waals surface area (Å²) in [6.45, 7) is 4.51. The molecule has 2 nitrogen and oxygen atoms in total. The van der Waals surface area contributed by atoms with E-state index in [1.807, 2.05) is 0 Å². The van der Waals surface area contributed by atoms with Crippen LogP contribution in [0.3, 0.4) is 0 Å². The second kappa shape index (κ2) is 34.6. The van der Waals surface area contributed by atoms with Crippen molar-refractivity contribution in [1.82, 2.24) is 0 Å². The van der Waals surface area contributed by atoms with Gasteiger partial charge in [-0.25, -0.2) is 0 Å².